The van der Waals surface area contributed by atoms with Crippen LogP contribution in [-0.2, 0) is 0 Å². The summed E-state index contributed by atoms with van der Waals surface area (Å²) in [6.45, 7) is 2.00. The Bertz CT molecular complexity index is 78.1. The van der Waals surface area contributed by atoms with Gasteiger partial charge in [-0.2, -0.15) is 0 Å². The van der Waals surface area contributed by atoms with Gasteiger partial charge in [0.1, 0.15) is 0 Å². The van der Waals surface area contributed by atoms with Gasteiger partial charge in [0.25, 0.3) is 0 Å². The van der Waals surface area contributed by atoms with Crippen LogP contribution in [0, 0.1) is 0 Å². The van der Waals surface area contributed by atoms with E-state index in [-0.39, 0.29) is 11.6 Å². The molecule has 2 atom stereocenters. The van der Waals surface area contributed by atoms with E-state index in [1.54, 1.807) is 0 Å². The fourth-order valence-electron chi connectivity index (χ4n) is 0.766. The van der Waals surface area contributed by atoms with Crippen LogP contribution in [0.4, 0.5) is 0 Å². The molecule has 0 heterocycles. The third-order valence-corrected chi connectivity index (χ3v) is 1.84. The van der Waals surface area contributed by atoms with Crippen LogP contribution in [0.1, 0.15) is 19.8 Å². The van der Waals surface area contributed by atoms with Gasteiger partial charge in [-0.3, -0.25) is 0 Å². The van der Waals surface area contributed by atoms with Gasteiger partial charge in [-0.1, -0.05) is 0 Å². The second kappa shape index (κ2) is 1.20. The van der Waals surface area contributed by atoms with Crippen molar-refractivity contribution in [3.8, 4) is 0 Å². The Morgan fingerprint density at radius 2 is 2.14 bits per heavy atom. The summed E-state index contributed by atoms with van der Waals surface area (Å²) in [7, 11) is 0. The maximum Gasteiger partial charge on any atom is 0.0279 e. The highest BCUT2D eigenvalue weighted by molar-refractivity contribution is 4.99. The third-order valence-electron chi connectivity index (χ3n) is 1.84. The highest BCUT2D eigenvalue weighted by atomic mass is 14.9. The fourth-order valence-corrected chi connectivity index (χ4v) is 0.766. The fraction of sp³-hybridized carbons (Fsp3) is 1.00. The van der Waals surface area contributed by atoms with Gasteiger partial charge in [0.2, 0.25) is 0 Å². The Labute approximate surface area is 43.9 Å². The van der Waals surface area contributed by atoms with Crippen molar-refractivity contribution < 1.29 is 0 Å². The van der Waals surface area contributed by atoms with Gasteiger partial charge in [0.15, 0.2) is 0 Å². The van der Waals surface area contributed by atoms with E-state index >= 15 is 0 Å². The highest BCUT2D eigenvalue weighted by Gasteiger charge is 2.35. The lowest BCUT2D eigenvalue weighted by Crippen LogP contribution is -2.60. The topological polar surface area (TPSA) is 52.0 Å². The molecule has 1 fully saturated rings. The first kappa shape index (κ1) is 5.06. The van der Waals surface area contributed by atoms with Gasteiger partial charge in [0.05, 0.1) is 0 Å². The first-order valence-electron chi connectivity index (χ1n) is 2.67. The highest BCUT2D eigenvalue weighted by Crippen LogP contribution is 2.26. The molecule has 0 aromatic carbocycles. The summed E-state index contributed by atoms with van der Waals surface area (Å²) in [5.74, 6) is 0. The molecule has 0 aliphatic heterocycles. The van der Waals surface area contributed by atoms with Crippen molar-refractivity contribution in [2.24, 2.45) is 11.5 Å². The average Bonchev–Trinajstić information content (AvgIpc) is 1.63. The molecule has 2 nitrogen and oxygen atoms in total. The van der Waals surface area contributed by atoms with E-state index in [0.29, 0.717) is 0 Å². The van der Waals surface area contributed by atoms with Gasteiger partial charge >= 0.3 is 0 Å². The van der Waals surface area contributed by atoms with E-state index in [0.717, 1.165) is 12.8 Å². The van der Waals surface area contributed by atoms with Gasteiger partial charge in [-0.25, -0.2) is 0 Å². The second-order valence-corrected chi connectivity index (χ2v) is 2.65. The SMILES string of the molecule is C[C@@]1(N)CC[C@@H]1N. The maximum absolute atomic E-state index is 5.64. The summed E-state index contributed by atoms with van der Waals surface area (Å²) >= 11 is 0. The van der Waals surface area contributed by atoms with Crippen LogP contribution >= 0.6 is 0 Å². The third kappa shape index (κ3) is 0.640. The van der Waals surface area contributed by atoms with Crippen molar-refractivity contribution in [1.29, 1.82) is 0 Å². The predicted molar refractivity (Wildman–Crippen MR) is 29.8 cm³/mol. The standard InChI is InChI=1S/C5H12N2/c1-5(7)3-2-4(5)6/h4H,2-3,6-7H2,1H3/t4-,5+/m0/s1. The number of hydrogen-bond donors (Lipinski definition) is 2. The first-order valence-corrected chi connectivity index (χ1v) is 2.67. The van der Waals surface area contributed by atoms with Crippen LogP contribution in [0.5, 0.6) is 0 Å². The predicted octanol–water partition coefficient (Wildman–Crippen LogP) is -0.175. The van der Waals surface area contributed by atoms with Crippen molar-refractivity contribution >= 4 is 0 Å². The molecule has 2 heteroatoms. The number of nitrogens with two attached hydrogens (primary N) is 2. The molecule has 0 unspecified atom stereocenters. The van der Waals surface area contributed by atoms with Crippen molar-refractivity contribution in [3.63, 3.8) is 0 Å². The molecule has 0 aromatic rings. The minimum Gasteiger partial charge on any atom is -0.326 e. The van der Waals surface area contributed by atoms with Crippen LogP contribution in [0.25, 0.3) is 0 Å². The Balaban J connectivity index is 2.43. The summed E-state index contributed by atoms with van der Waals surface area (Å²) < 4.78 is 0. The average molecular weight is 100 g/mol. The minimum atomic E-state index is -0.0417. The van der Waals surface area contributed by atoms with Crippen LogP contribution in [0.2, 0.25) is 0 Å². The van der Waals surface area contributed by atoms with Crippen molar-refractivity contribution in [3.05, 3.63) is 0 Å². The molecule has 0 spiro atoms. The molecule has 4 N–H and O–H groups in total. The van der Waals surface area contributed by atoms with Crippen LogP contribution in [-0.4, -0.2) is 11.6 Å². The molecule has 0 bridgehead atoms. The zero-order valence-corrected chi connectivity index (χ0v) is 4.65. The van der Waals surface area contributed by atoms with Crippen molar-refractivity contribution in [2.75, 3.05) is 0 Å². The monoisotopic (exact) mass is 100 g/mol. The molecular weight excluding hydrogens is 88.1 g/mol. The summed E-state index contributed by atoms with van der Waals surface area (Å²) in [4.78, 5) is 0. The minimum absolute atomic E-state index is 0.0417. The molecular formula is C5H12N2. The number of hydrogen-bond acceptors (Lipinski definition) is 2. The van der Waals surface area contributed by atoms with E-state index < -0.39 is 0 Å². The van der Waals surface area contributed by atoms with E-state index in [2.05, 4.69) is 0 Å². The largest absolute Gasteiger partial charge is 0.326 e. The quantitative estimate of drug-likeness (QED) is 0.444. The maximum atomic E-state index is 5.64. The van der Waals surface area contributed by atoms with Crippen LogP contribution in [0.15, 0.2) is 0 Å². The Morgan fingerprint density at radius 1 is 1.71 bits per heavy atom. The molecule has 42 valence electrons. The van der Waals surface area contributed by atoms with Crippen molar-refractivity contribution in [2.45, 2.75) is 31.3 Å². The Hall–Kier alpha value is -0.0800. The van der Waals surface area contributed by atoms with Crippen LogP contribution < -0.4 is 11.5 Å². The van der Waals surface area contributed by atoms with E-state index in [9.17, 15) is 0 Å². The molecule has 0 radical (unpaired) electrons. The second-order valence-electron chi connectivity index (χ2n) is 2.65. The molecule has 0 aromatic heterocycles. The molecule has 1 aliphatic carbocycles. The molecule has 1 saturated carbocycles. The molecule has 7 heavy (non-hydrogen) atoms. The summed E-state index contributed by atoms with van der Waals surface area (Å²) in [6.07, 6.45) is 2.20. The smallest absolute Gasteiger partial charge is 0.0279 e. The summed E-state index contributed by atoms with van der Waals surface area (Å²) in [5, 5.41) is 0. The zero-order chi connectivity index (χ0) is 5.49. The van der Waals surface area contributed by atoms with Gasteiger partial charge in [0, 0.05) is 11.6 Å². The lowest BCUT2D eigenvalue weighted by Gasteiger charge is -2.41. The lowest BCUT2D eigenvalue weighted by atomic mass is 9.75. The molecule has 1 aliphatic rings. The van der Waals surface area contributed by atoms with Gasteiger partial charge in [-0.15, -0.1) is 0 Å². The summed E-state index contributed by atoms with van der Waals surface area (Å²) in [5.41, 5.74) is 11.1. The zero-order valence-electron chi connectivity index (χ0n) is 4.65. The van der Waals surface area contributed by atoms with E-state index in [1.807, 2.05) is 6.92 Å². The normalized spacial score (nSPS) is 51.0. The van der Waals surface area contributed by atoms with E-state index in [4.69, 9.17) is 11.5 Å². The van der Waals surface area contributed by atoms with Gasteiger partial charge in [-0.05, 0) is 19.8 Å². The molecule has 0 amide bonds. The molecule has 0 saturated heterocycles. The first-order chi connectivity index (χ1) is 3.13. The lowest BCUT2D eigenvalue weighted by molar-refractivity contribution is 0.223. The summed E-state index contributed by atoms with van der Waals surface area (Å²) in [6, 6.07) is 0.257. The molecule has 1 rings (SSSR count). The van der Waals surface area contributed by atoms with Crippen molar-refractivity contribution in [1.82, 2.24) is 0 Å². The van der Waals surface area contributed by atoms with Crippen LogP contribution in [0.3, 0.4) is 0 Å². The van der Waals surface area contributed by atoms with Gasteiger partial charge < -0.3 is 11.5 Å². The number of rotatable bonds is 0. The Morgan fingerprint density at radius 3 is 2.14 bits per heavy atom. The Kier molecular flexibility index (Phi) is 0.869. The van der Waals surface area contributed by atoms with E-state index in [1.165, 1.54) is 0 Å².